The molecule has 0 atom stereocenters. The third-order valence-electron chi connectivity index (χ3n) is 3.70. The lowest BCUT2D eigenvalue weighted by atomic mass is 9.99. The Morgan fingerprint density at radius 2 is 1.85 bits per heavy atom. The van der Waals surface area contributed by atoms with E-state index in [1.807, 2.05) is 24.3 Å². The van der Waals surface area contributed by atoms with Crippen LogP contribution in [0.15, 0.2) is 54.6 Å². The minimum Gasteiger partial charge on any atom is -0.465 e. The van der Waals surface area contributed by atoms with Crippen LogP contribution in [0.4, 0.5) is 0 Å². The maximum absolute atomic E-state index is 11.4. The van der Waals surface area contributed by atoms with Crippen molar-refractivity contribution in [3.05, 3.63) is 76.9 Å². The second-order valence-corrected chi connectivity index (χ2v) is 4.96. The molecule has 0 amide bonds. The van der Waals surface area contributed by atoms with E-state index in [9.17, 15) is 4.79 Å². The largest absolute Gasteiger partial charge is 0.465 e. The number of ether oxygens (including phenoxy) is 1. The number of hydrogen-bond acceptors (Lipinski definition) is 2. The average molecular weight is 264 g/mol. The van der Waals surface area contributed by atoms with E-state index in [0.29, 0.717) is 5.56 Å². The molecule has 0 fully saturated rings. The van der Waals surface area contributed by atoms with Gasteiger partial charge in [-0.15, -0.1) is 0 Å². The molecule has 0 unspecified atom stereocenters. The van der Waals surface area contributed by atoms with Crippen LogP contribution >= 0.6 is 0 Å². The molecule has 3 rings (SSSR count). The monoisotopic (exact) mass is 264 g/mol. The van der Waals surface area contributed by atoms with Crippen LogP contribution in [0.5, 0.6) is 0 Å². The van der Waals surface area contributed by atoms with Crippen LogP contribution in [0.2, 0.25) is 0 Å². The molecule has 0 heterocycles. The molecule has 2 aromatic carbocycles. The van der Waals surface area contributed by atoms with Crippen LogP contribution in [0.25, 0.3) is 5.57 Å². The highest BCUT2D eigenvalue weighted by molar-refractivity contribution is 5.89. The summed E-state index contributed by atoms with van der Waals surface area (Å²) < 4.78 is 4.71. The number of fused-ring (bicyclic) bond motifs is 1. The summed E-state index contributed by atoms with van der Waals surface area (Å²) in [4.78, 5) is 11.4. The fourth-order valence-corrected chi connectivity index (χ4v) is 2.62. The number of carbonyl (C=O) groups is 1. The highest BCUT2D eigenvalue weighted by atomic mass is 16.5. The molecule has 0 spiro atoms. The second kappa shape index (κ2) is 5.33. The maximum Gasteiger partial charge on any atom is 0.337 e. The lowest BCUT2D eigenvalue weighted by molar-refractivity contribution is 0.0600. The topological polar surface area (TPSA) is 26.3 Å². The third kappa shape index (κ3) is 2.37. The molecule has 0 saturated carbocycles. The van der Waals surface area contributed by atoms with Gasteiger partial charge in [0.25, 0.3) is 0 Å². The van der Waals surface area contributed by atoms with Gasteiger partial charge in [0.05, 0.1) is 12.7 Å². The van der Waals surface area contributed by atoms with Gasteiger partial charge in [0, 0.05) is 0 Å². The highest BCUT2D eigenvalue weighted by Crippen LogP contribution is 2.29. The van der Waals surface area contributed by atoms with Gasteiger partial charge >= 0.3 is 5.97 Å². The Kier molecular flexibility index (Phi) is 3.38. The molecule has 20 heavy (non-hydrogen) atoms. The summed E-state index contributed by atoms with van der Waals surface area (Å²) >= 11 is 0. The van der Waals surface area contributed by atoms with E-state index in [1.54, 1.807) is 0 Å². The zero-order chi connectivity index (χ0) is 13.9. The Labute approximate surface area is 118 Å². The number of methoxy groups -OCH3 is 1. The number of allylic oxidation sites excluding steroid dienone is 2. The first-order valence-electron chi connectivity index (χ1n) is 6.72. The fourth-order valence-electron chi connectivity index (χ4n) is 2.62. The molecule has 0 N–H and O–H groups in total. The summed E-state index contributed by atoms with van der Waals surface area (Å²) in [5.41, 5.74) is 5.92. The summed E-state index contributed by atoms with van der Waals surface area (Å²) in [5.74, 6) is -0.290. The van der Waals surface area contributed by atoms with E-state index >= 15 is 0 Å². The number of hydrogen-bond donors (Lipinski definition) is 0. The molecular formula is C18H16O2. The van der Waals surface area contributed by atoms with Crippen LogP contribution in [0.1, 0.15) is 27.0 Å². The molecular weight excluding hydrogens is 248 g/mol. The Morgan fingerprint density at radius 3 is 2.60 bits per heavy atom. The molecule has 2 aromatic rings. The Bertz CT molecular complexity index is 666. The van der Waals surface area contributed by atoms with Gasteiger partial charge in [0.15, 0.2) is 0 Å². The Balaban J connectivity index is 1.78. The lowest BCUT2D eigenvalue weighted by Gasteiger charge is -2.07. The van der Waals surface area contributed by atoms with Crippen molar-refractivity contribution in [2.24, 2.45) is 0 Å². The minimum atomic E-state index is -0.290. The average Bonchev–Trinajstić information content (AvgIpc) is 2.91. The summed E-state index contributed by atoms with van der Waals surface area (Å²) in [7, 11) is 1.40. The van der Waals surface area contributed by atoms with Gasteiger partial charge in [-0.25, -0.2) is 4.79 Å². The van der Waals surface area contributed by atoms with Gasteiger partial charge in [-0.1, -0.05) is 42.5 Å². The van der Waals surface area contributed by atoms with E-state index in [2.05, 4.69) is 30.3 Å². The highest BCUT2D eigenvalue weighted by Gasteiger charge is 2.13. The van der Waals surface area contributed by atoms with Crippen LogP contribution in [0.3, 0.4) is 0 Å². The summed E-state index contributed by atoms with van der Waals surface area (Å²) in [6.45, 7) is 0. The zero-order valence-electron chi connectivity index (χ0n) is 11.4. The molecule has 2 heteroatoms. The smallest absolute Gasteiger partial charge is 0.337 e. The molecule has 2 nitrogen and oxygen atoms in total. The minimum absolute atomic E-state index is 0.290. The quantitative estimate of drug-likeness (QED) is 0.791. The predicted molar refractivity (Wildman–Crippen MR) is 79.6 cm³/mol. The van der Waals surface area contributed by atoms with Crippen molar-refractivity contribution in [3.63, 3.8) is 0 Å². The van der Waals surface area contributed by atoms with Gasteiger partial charge < -0.3 is 4.74 Å². The van der Waals surface area contributed by atoms with E-state index < -0.39 is 0 Å². The molecule has 0 aromatic heterocycles. The SMILES string of the molecule is COC(=O)c1ccc(CC2=CCc3ccccc32)cc1. The lowest BCUT2D eigenvalue weighted by Crippen LogP contribution is -2.01. The van der Waals surface area contributed by atoms with Gasteiger partial charge in [-0.3, -0.25) is 0 Å². The van der Waals surface area contributed by atoms with Gasteiger partial charge in [-0.2, -0.15) is 0 Å². The first-order valence-corrected chi connectivity index (χ1v) is 6.72. The second-order valence-electron chi connectivity index (χ2n) is 4.96. The summed E-state index contributed by atoms with van der Waals surface area (Å²) in [6, 6.07) is 16.2. The van der Waals surface area contributed by atoms with Crippen molar-refractivity contribution in [1.29, 1.82) is 0 Å². The standard InChI is InChI=1S/C18H16O2/c1-20-18(19)15-8-6-13(7-9-15)12-16-11-10-14-4-2-3-5-17(14)16/h2-9,11H,10,12H2,1H3. The van der Waals surface area contributed by atoms with Crippen LogP contribution in [-0.2, 0) is 17.6 Å². The van der Waals surface area contributed by atoms with E-state index in [4.69, 9.17) is 4.74 Å². The number of esters is 1. The summed E-state index contributed by atoms with van der Waals surface area (Å²) in [6.07, 6.45) is 4.21. The predicted octanol–water partition coefficient (Wildman–Crippen LogP) is 3.66. The molecule has 0 bridgehead atoms. The normalized spacial score (nSPS) is 12.8. The molecule has 0 aliphatic heterocycles. The van der Waals surface area contributed by atoms with E-state index in [-0.39, 0.29) is 5.97 Å². The molecule has 1 aliphatic rings. The maximum atomic E-state index is 11.4. The van der Waals surface area contributed by atoms with Crippen LogP contribution < -0.4 is 0 Å². The molecule has 0 saturated heterocycles. The van der Waals surface area contributed by atoms with Gasteiger partial charge in [-0.05, 0) is 47.2 Å². The first-order chi connectivity index (χ1) is 9.78. The van der Waals surface area contributed by atoms with Gasteiger partial charge in [0.2, 0.25) is 0 Å². The van der Waals surface area contributed by atoms with Crippen molar-refractivity contribution in [2.45, 2.75) is 12.8 Å². The summed E-state index contributed by atoms with van der Waals surface area (Å²) in [5, 5.41) is 0. The van der Waals surface area contributed by atoms with E-state index in [1.165, 1.54) is 29.4 Å². The fraction of sp³-hybridized carbons (Fsp3) is 0.167. The van der Waals surface area contributed by atoms with Crippen molar-refractivity contribution >= 4 is 11.5 Å². The van der Waals surface area contributed by atoms with Crippen molar-refractivity contribution in [3.8, 4) is 0 Å². The number of benzene rings is 2. The van der Waals surface area contributed by atoms with Crippen LogP contribution in [0, 0.1) is 0 Å². The molecule has 100 valence electrons. The van der Waals surface area contributed by atoms with Gasteiger partial charge in [0.1, 0.15) is 0 Å². The Morgan fingerprint density at radius 1 is 1.10 bits per heavy atom. The first kappa shape index (κ1) is 12.7. The van der Waals surface area contributed by atoms with Crippen molar-refractivity contribution < 1.29 is 9.53 Å². The van der Waals surface area contributed by atoms with Crippen molar-refractivity contribution in [2.75, 3.05) is 7.11 Å². The van der Waals surface area contributed by atoms with Crippen molar-refractivity contribution in [1.82, 2.24) is 0 Å². The zero-order valence-corrected chi connectivity index (χ0v) is 11.4. The molecule has 0 radical (unpaired) electrons. The number of rotatable bonds is 3. The number of carbonyl (C=O) groups excluding carboxylic acids is 1. The Hall–Kier alpha value is -2.35. The molecule has 1 aliphatic carbocycles. The van der Waals surface area contributed by atoms with E-state index in [0.717, 1.165) is 12.8 Å². The van der Waals surface area contributed by atoms with Crippen LogP contribution in [-0.4, -0.2) is 13.1 Å². The third-order valence-corrected chi connectivity index (χ3v) is 3.70.